The highest BCUT2D eigenvalue weighted by Crippen LogP contribution is 2.29. The largest absolute Gasteiger partial charge is 0.421 e. The number of alkyl halides is 6. The molecular weight excluding hydrogens is 498 g/mol. The van der Waals surface area contributed by atoms with Gasteiger partial charge in [-0.3, -0.25) is 4.79 Å². The fourth-order valence-electron chi connectivity index (χ4n) is 4.10. The standard InChI is InChI=1S/C20H22F6N8O2/c21-19(22,23)12-9-27-17(28-10-12)32-4-6-33(7-5-32)18(36)34-3-1-2-13(11-34)29-15-8-14(20(24,25)26)16(35)31-30-15/h8-10,13H,1-7,11H2,(H,29,30)(H,31,35). The number of amides is 2. The van der Waals surface area contributed by atoms with Gasteiger partial charge in [-0.25, -0.2) is 19.9 Å². The van der Waals surface area contributed by atoms with Crippen LogP contribution in [0.25, 0.3) is 0 Å². The Morgan fingerprint density at radius 2 is 1.64 bits per heavy atom. The van der Waals surface area contributed by atoms with Crippen molar-refractivity contribution >= 4 is 17.8 Å². The molecule has 2 aliphatic rings. The molecule has 0 aromatic carbocycles. The third kappa shape index (κ3) is 5.79. The van der Waals surface area contributed by atoms with Crippen LogP contribution >= 0.6 is 0 Å². The molecule has 2 aliphatic heterocycles. The first kappa shape index (κ1) is 25.5. The monoisotopic (exact) mass is 520 g/mol. The van der Waals surface area contributed by atoms with Gasteiger partial charge in [-0.1, -0.05) is 0 Å². The van der Waals surface area contributed by atoms with Crippen LogP contribution in [0.5, 0.6) is 0 Å². The first-order valence-corrected chi connectivity index (χ1v) is 11.0. The smallest absolute Gasteiger partial charge is 0.364 e. The lowest BCUT2D eigenvalue weighted by atomic mass is 10.1. The molecule has 0 saturated carbocycles. The second-order valence-electron chi connectivity index (χ2n) is 8.45. The maximum atomic E-state index is 13.0. The number of carbonyl (C=O) groups is 1. The second-order valence-corrected chi connectivity index (χ2v) is 8.45. The van der Waals surface area contributed by atoms with Gasteiger partial charge >= 0.3 is 18.4 Å². The molecule has 0 spiro atoms. The summed E-state index contributed by atoms with van der Waals surface area (Å²) in [6, 6.07) is 0.0196. The molecule has 2 aromatic heterocycles. The number of hydrogen-bond donors (Lipinski definition) is 2. The van der Waals surface area contributed by atoms with Crippen LogP contribution < -0.4 is 15.8 Å². The average molecular weight is 520 g/mol. The molecule has 1 atom stereocenters. The van der Waals surface area contributed by atoms with Crippen molar-refractivity contribution in [3.63, 3.8) is 0 Å². The third-order valence-electron chi connectivity index (χ3n) is 5.95. The number of anilines is 2. The molecule has 0 radical (unpaired) electrons. The predicted molar refractivity (Wildman–Crippen MR) is 114 cm³/mol. The number of piperazine rings is 1. The molecule has 0 aliphatic carbocycles. The van der Waals surface area contributed by atoms with Crippen LogP contribution in [0.15, 0.2) is 23.3 Å². The van der Waals surface area contributed by atoms with Crippen molar-refractivity contribution in [1.82, 2.24) is 30.0 Å². The van der Waals surface area contributed by atoms with Crippen molar-refractivity contribution in [2.24, 2.45) is 0 Å². The molecule has 16 heteroatoms. The Morgan fingerprint density at radius 3 is 2.25 bits per heavy atom. The van der Waals surface area contributed by atoms with E-state index in [9.17, 15) is 35.9 Å². The van der Waals surface area contributed by atoms with Crippen LogP contribution in [-0.2, 0) is 12.4 Å². The third-order valence-corrected chi connectivity index (χ3v) is 5.95. The predicted octanol–water partition coefficient (Wildman–Crippen LogP) is 2.42. The van der Waals surface area contributed by atoms with Crippen molar-refractivity contribution in [3.8, 4) is 0 Å². The van der Waals surface area contributed by atoms with Gasteiger partial charge < -0.3 is 20.0 Å². The zero-order valence-corrected chi connectivity index (χ0v) is 18.7. The van der Waals surface area contributed by atoms with Gasteiger partial charge in [0, 0.05) is 63.8 Å². The molecule has 2 fully saturated rings. The van der Waals surface area contributed by atoms with E-state index in [0.717, 1.165) is 12.4 Å². The molecule has 0 bridgehead atoms. The van der Waals surface area contributed by atoms with Crippen LogP contribution in [0.2, 0.25) is 0 Å². The summed E-state index contributed by atoms with van der Waals surface area (Å²) >= 11 is 0. The molecule has 2 aromatic rings. The number of H-pyrrole nitrogens is 1. The summed E-state index contributed by atoms with van der Waals surface area (Å²) in [5.41, 5.74) is -3.65. The van der Waals surface area contributed by atoms with E-state index in [1.807, 2.05) is 5.10 Å². The van der Waals surface area contributed by atoms with Crippen molar-refractivity contribution in [3.05, 3.63) is 39.9 Å². The molecule has 2 saturated heterocycles. The highest BCUT2D eigenvalue weighted by atomic mass is 19.4. The first-order chi connectivity index (χ1) is 16.9. The minimum absolute atomic E-state index is 0.143. The van der Waals surface area contributed by atoms with Gasteiger partial charge in [-0.15, -0.1) is 0 Å². The van der Waals surface area contributed by atoms with Crippen LogP contribution in [0, 0.1) is 0 Å². The van der Waals surface area contributed by atoms with E-state index in [2.05, 4.69) is 20.4 Å². The number of aromatic amines is 1. The molecule has 196 valence electrons. The van der Waals surface area contributed by atoms with Crippen molar-refractivity contribution in [1.29, 1.82) is 0 Å². The average Bonchev–Trinajstić information content (AvgIpc) is 2.84. The summed E-state index contributed by atoms with van der Waals surface area (Å²) in [4.78, 5) is 36.9. The lowest BCUT2D eigenvalue weighted by Gasteiger charge is -2.40. The fraction of sp³-hybridized carbons (Fsp3) is 0.550. The van der Waals surface area contributed by atoms with Crippen LogP contribution in [0.4, 0.5) is 42.9 Å². The van der Waals surface area contributed by atoms with E-state index < -0.39 is 29.0 Å². The van der Waals surface area contributed by atoms with Gasteiger partial charge in [-0.05, 0) is 12.8 Å². The van der Waals surface area contributed by atoms with Gasteiger partial charge in [-0.2, -0.15) is 31.4 Å². The van der Waals surface area contributed by atoms with E-state index in [1.165, 1.54) is 0 Å². The summed E-state index contributed by atoms with van der Waals surface area (Å²) in [5, 5.41) is 8.30. The maximum absolute atomic E-state index is 13.0. The molecule has 2 N–H and O–H groups in total. The molecule has 4 heterocycles. The van der Waals surface area contributed by atoms with Gasteiger partial charge in [0.05, 0.1) is 5.56 Å². The lowest BCUT2D eigenvalue weighted by Crippen LogP contribution is -2.56. The van der Waals surface area contributed by atoms with E-state index in [1.54, 1.807) is 14.7 Å². The quantitative estimate of drug-likeness (QED) is 0.599. The van der Waals surface area contributed by atoms with Crippen molar-refractivity contribution < 1.29 is 31.1 Å². The number of nitrogens with one attached hydrogen (secondary N) is 2. The van der Waals surface area contributed by atoms with Gasteiger partial charge in [0.25, 0.3) is 5.56 Å². The molecule has 2 amide bonds. The van der Waals surface area contributed by atoms with Crippen LogP contribution in [0.3, 0.4) is 0 Å². The summed E-state index contributed by atoms with van der Waals surface area (Å²) < 4.78 is 77.1. The number of aromatic nitrogens is 4. The normalized spacial score (nSPS) is 19.4. The highest BCUT2D eigenvalue weighted by Gasteiger charge is 2.35. The number of urea groups is 1. The topological polar surface area (TPSA) is 110 Å². The Bertz CT molecular complexity index is 1130. The van der Waals surface area contributed by atoms with Gasteiger partial charge in [0.15, 0.2) is 0 Å². The molecular formula is C20H22F6N8O2. The molecule has 10 nitrogen and oxygen atoms in total. The Labute approximate surface area is 200 Å². The molecule has 36 heavy (non-hydrogen) atoms. The van der Waals surface area contributed by atoms with Crippen LogP contribution in [0.1, 0.15) is 24.0 Å². The van der Waals surface area contributed by atoms with Gasteiger partial charge in [0.2, 0.25) is 5.95 Å². The number of hydrogen-bond acceptors (Lipinski definition) is 7. The zero-order chi connectivity index (χ0) is 26.1. The minimum atomic E-state index is -4.82. The summed E-state index contributed by atoms with van der Waals surface area (Å²) in [6.07, 6.45) is -6.72. The van der Waals surface area contributed by atoms with Crippen molar-refractivity contribution in [2.75, 3.05) is 49.5 Å². The number of carbonyl (C=O) groups excluding carboxylic acids is 1. The van der Waals surface area contributed by atoms with E-state index >= 15 is 0 Å². The lowest BCUT2D eigenvalue weighted by molar-refractivity contribution is -0.139. The Morgan fingerprint density at radius 1 is 0.972 bits per heavy atom. The zero-order valence-electron chi connectivity index (χ0n) is 18.7. The van der Waals surface area contributed by atoms with Crippen molar-refractivity contribution in [2.45, 2.75) is 31.2 Å². The highest BCUT2D eigenvalue weighted by molar-refractivity contribution is 5.75. The number of rotatable bonds is 3. The summed E-state index contributed by atoms with van der Waals surface area (Å²) in [7, 11) is 0. The number of nitrogens with zero attached hydrogens (tertiary/aromatic N) is 6. The van der Waals surface area contributed by atoms with Crippen LogP contribution in [-0.4, -0.2) is 81.3 Å². The summed E-state index contributed by atoms with van der Waals surface area (Å²) in [6.45, 7) is 1.94. The van der Waals surface area contributed by atoms with E-state index in [-0.39, 0.29) is 30.4 Å². The number of likely N-dealkylation sites (tertiary alicyclic amines) is 1. The Hall–Kier alpha value is -3.59. The van der Waals surface area contributed by atoms with E-state index in [0.29, 0.717) is 51.6 Å². The second kappa shape index (κ2) is 9.81. The maximum Gasteiger partial charge on any atom is 0.421 e. The number of piperidine rings is 1. The first-order valence-electron chi connectivity index (χ1n) is 11.0. The summed E-state index contributed by atoms with van der Waals surface area (Å²) in [5.74, 6) is -0.00431. The molecule has 1 unspecified atom stereocenters. The molecule has 4 rings (SSSR count). The fourth-order valence-corrected chi connectivity index (χ4v) is 4.10. The van der Waals surface area contributed by atoms with E-state index in [4.69, 9.17) is 0 Å². The van der Waals surface area contributed by atoms with Gasteiger partial charge in [0.1, 0.15) is 11.4 Å². The SMILES string of the molecule is O=C(N1CCN(c2ncc(C(F)(F)F)cn2)CC1)N1CCCC(Nc2cc(C(F)(F)F)c(=O)[nH]n2)C1. The Kier molecular flexibility index (Phi) is 6.95. The minimum Gasteiger partial charge on any atom is -0.364 e. The Balaban J connectivity index is 1.32. The number of halogens is 6.